The van der Waals surface area contributed by atoms with Crippen LogP contribution in [-0.4, -0.2) is 31.5 Å². The molecule has 0 saturated carbocycles. The van der Waals surface area contributed by atoms with Crippen LogP contribution < -0.4 is 9.52 Å². The fraction of sp³-hybridized carbons (Fsp3) is 0.125. The van der Waals surface area contributed by atoms with Gasteiger partial charge in [0, 0.05) is 11.3 Å². The van der Waals surface area contributed by atoms with Crippen molar-refractivity contribution in [2.45, 2.75) is 18.4 Å². The predicted molar refractivity (Wildman–Crippen MR) is 130 cm³/mol. The van der Waals surface area contributed by atoms with E-state index in [9.17, 15) is 26.8 Å². The molecule has 0 radical (unpaired) electrons. The fourth-order valence-corrected chi connectivity index (χ4v) is 5.42. The zero-order valence-electron chi connectivity index (χ0n) is 18.8. The van der Waals surface area contributed by atoms with Gasteiger partial charge in [-0.25, -0.2) is 17.2 Å². The number of anilines is 1. The molecular formula is C24H19F2N3O5S2. The highest BCUT2D eigenvalue weighted by Gasteiger charge is 2.16. The Hall–Kier alpha value is -3.90. The van der Waals surface area contributed by atoms with Crippen LogP contribution in [-0.2, 0) is 26.1 Å². The molecule has 1 amide bonds. The summed E-state index contributed by atoms with van der Waals surface area (Å²) in [6.45, 7) is 1.60. The summed E-state index contributed by atoms with van der Waals surface area (Å²) in [6, 6.07) is 13.9. The molecule has 0 aliphatic carbocycles. The number of fused-ring (bicyclic) bond motifs is 1. The van der Waals surface area contributed by atoms with E-state index >= 15 is 0 Å². The summed E-state index contributed by atoms with van der Waals surface area (Å²) in [5, 5.41) is 0. The SMILES string of the molecule is CCOC(=O)Cn1c(=NC(=O)c2cccc(NS(=O)(=O)c3ccc(F)cc3)c2)sc2cc(F)ccc21. The molecule has 0 aliphatic heterocycles. The number of esters is 1. The van der Waals surface area contributed by atoms with Crippen LogP contribution >= 0.6 is 11.3 Å². The number of thiazole rings is 1. The van der Waals surface area contributed by atoms with Gasteiger partial charge in [0.15, 0.2) is 4.80 Å². The van der Waals surface area contributed by atoms with E-state index < -0.39 is 33.5 Å². The van der Waals surface area contributed by atoms with E-state index in [-0.39, 0.29) is 34.1 Å². The van der Waals surface area contributed by atoms with E-state index in [1.807, 2.05) is 0 Å². The molecule has 12 heteroatoms. The normalized spacial score (nSPS) is 12.0. The van der Waals surface area contributed by atoms with Crippen LogP contribution in [0, 0.1) is 11.6 Å². The van der Waals surface area contributed by atoms with Gasteiger partial charge in [0.1, 0.15) is 18.2 Å². The van der Waals surface area contributed by atoms with Crippen molar-refractivity contribution in [1.29, 1.82) is 0 Å². The molecule has 1 heterocycles. The Morgan fingerprint density at radius 1 is 1.03 bits per heavy atom. The molecule has 4 aromatic rings. The Morgan fingerprint density at radius 2 is 1.75 bits per heavy atom. The monoisotopic (exact) mass is 531 g/mol. The number of amides is 1. The van der Waals surface area contributed by atoms with Crippen LogP contribution in [0.1, 0.15) is 17.3 Å². The lowest BCUT2D eigenvalue weighted by Gasteiger charge is -2.09. The Kier molecular flexibility index (Phi) is 7.27. The standard InChI is InChI=1S/C24H19F2N3O5S2/c1-2-34-22(30)14-29-20-11-8-17(26)13-21(20)35-24(29)27-23(31)15-4-3-5-18(12-15)28-36(32,33)19-9-6-16(25)7-10-19/h3-13,28H,2,14H2,1H3. The number of hydrogen-bond donors (Lipinski definition) is 1. The highest BCUT2D eigenvalue weighted by Crippen LogP contribution is 2.20. The molecule has 1 aromatic heterocycles. The van der Waals surface area contributed by atoms with Crippen LogP contribution in [0.25, 0.3) is 10.2 Å². The Labute approximate surface area is 208 Å². The van der Waals surface area contributed by atoms with Crippen molar-refractivity contribution in [3.63, 3.8) is 0 Å². The van der Waals surface area contributed by atoms with Crippen molar-refractivity contribution in [2.24, 2.45) is 4.99 Å². The Bertz CT molecular complexity index is 1630. The number of nitrogens with zero attached hydrogens (tertiary/aromatic N) is 2. The highest BCUT2D eigenvalue weighted by atomic mass is 32.2. The lowest BCUT2D eigenvalue weighted by Crippen LogP contribution is -2.23. The Balaban J connectivity index is 1.68. The highest BCUT2D eigenvalue weighted by molar-refractivity contribution is 7.92. The van der Waals surface area contributed by atoms with Crippen LogP contribution in [0.3, 0.4) is 0 Å². The van der Waals surface area contributed by atoms with Gasteiger partial charge >= 0.3 is 5.97 Å². The smallest absolute Gasteiger partial charge is 0.326 e. The third kappa shape index (κ3) is 5.66. The summed E-state index contributed by atoms with van der Waals surface area (Å²) in [4.78, 5) is 29.2. The molecule has 4 rings (SSSR count). The number of sulfonamides is 1. The number of benzene rings is 3. The molecule has 0 spiro atoms. The van der Waals surface area contributed by atoms with Gasteiger partial charge in [-0.15, -0.1) is 0 Å². The minimum Gasteiger partial charge on any atom is -0.465 e. The molecule has 0 atom stereocenters. The second-order valence-electron chi connectivity index (χ2n) is 7.45. The average Bonchev–Trinajstić information content (AvgIpc) is 3.15. The van der Waals surface area contributed by atoms with Gasteiger partial charge in [0.2, 0.25) is 0 Å². The van der Waals surface area contributed by atoms with Gasteiger partial charge in [-0.2, -0.15) is 4.99 Å². The second kappa shape index (κ2) is 10.4. The number of aromatic nitrogens is 1. The van der Waals surface area contributed by atoms with Gasteiger partial charge in [0.05, 0.1) is 21.7 Å². The van der Waals surface area contributed by atoms with E-state index in [4.69, 9.17) is 4.74 Å². The zero-order valence-corrected chi connectivity index (χ0v) is 20.4. The molecule has 0 aliphatic rings. The van der Waals surface area contributed by atoms with Crippen molar-refractivity contribution >= 4 is 49.1 Å². The number of carbonyl (C=O) groups excluding carboxylic acids is 2. The van der Waals surface area contributed by atoms with E-state index in [0.29, 0.717) is 10.2 Å². The van der Waals surface area contributed by atoms with Gasteiger partial charge in [-0.1, -0.05) is 17.4 Å². The molecule has 36 heavy (non-hydrogen) atoms. The number of ether oxygens (including phenoxy) is 1. The molecule has 186 valence electrons. The average molecular weight is 532 g/mol. The minimum atomic E-state index is -4.03. The van der Waals surface area contributed by atoms with E-state index in [2.05, 4.69) is 9.71 Å². The first-order valence-corrected chi connectivity index (χ1v) is 12.9. The van der Waals surface area contributed by atoms with Crippen molar-refractivity contribution in [1.82, 2.24) is 4.57 Å². The molecular weight excluding hydrogens is 512 g/mol. The molecule has 3 aromatic carbocycles. The zero-order chi connectivity index (χ0) is 25.9. The predicted octanol–water partition coefficient (Wildman–Crippen LogP) is 4.09. The van der Waals surface area contributed by atoms with Crippen LogP contribution in [0.15, 0.2) is 76.6 Å². The van der Waals surface area contributed by atoms with Crippen molar-refractivity contribution in [3.05, 3.63) is 88.7 Å². The largest absolute Gasteiger partial charge is 0.465 e. The number of rotatable bonds is 7. The molecule has 0 saturated heterocycles. The van der Waals surface area contributed by atoms with E-state index in [1.54, 1.807) is 6.92 Å². The second-order valence-corrected chi connectivity index (χ2v) is 10.1. The maximum atomic E-state index is 13.7. The summed E-state index contributed by atoms with van der Waals surface area (Å²) in [7, 11) is -4.03. The molecule has 1 N–H and O–H groups in total. The third-order valence-electron chi connectivity index (χ3n) is 4.92. The number of nitrogens with one attached hydrogen (secondary N) is 1. The Morgan fingerprint density at radius 3 is 2.47 bits per heavy atom. The maximum absolute atomic E-state index is 13.7. The first-order valence-electron chi connectivity index (χ1n) is 10.6. The van der Waals surface area contributed by atoms with Crippen molar-refractivity contribution in [3.8, 4) is 0 Å². The van der Waals surface area contributed by atoms with Crippen molar-refractivity contribution in [2.75, 3.05) is 11.3 Å². The lowest BCUT2D eigenvalue weighted by atomic mass is 10.2. The topological polar surface area (TPSA) is 107 Å². The summed E-state index contributed by atoms with van der Waals surface area (Å²) in [6.07, 6.45) is 0. The molecule has 0 bridgehead atoms. The van der Waals surface area contributed by atoms with Crippen LogP contribution in [0.2, 0.25) is 0 Å². The number of hydrogen-bond acceptors (Lipinski definition) is 6. The third-order valence-corrected chi connectivity index (χ3v) is 7.36. The quantitative estimate of drug-likeness (QED) is 0.362. The van der Waals surface area contributed by atoms with E-state index in [1.165, 1.54) is 47.0 Å². The van der Waals surface area contributed by atoms with Gasteiger partial charge in [0.25, 0.3) is 15.9 Å². The summed E-state index contributed by atoms with van der Waals surface area (Å²) < 4.78 is 61.3. The lowest BCUT2D eigenvalue weighted by molar-refractivity contribution is -0.143. The minimum absolute atomic E-state index is 0.0700. The van der Waals surface area contributed by atoms with Gasteiger partial charge in [-0.3, -0.25) is 14.3 Å². The summed E-state index contributed by atoms with van der Waals surface area (Å²) in [5.74, 6) is -2.31. The van der Waals surface area contributed by atoms with E-state index in [0.717, 1.165) is 35.6 Å². The first kappa shape index (κ1) is 25.2. The fourth-order valence-electron chi connectivity index (χ4n) is 3.32. The molecule has 0 fully saturated rings. The first-order chi connectivity index (χ1) is 17.2. The van der Waals surface area contributed by atoms with Crippen molar-refractivity contribution < 1.29 is 31.5 Å². The van der Waals surface area contributed by atoms with Crippen LogP contribution in [0.5, 0.6) is 0 Å². The summed E-state index contributed by atoms with van der Waals surface area (Å²) in [5.41, 5.74) is 0.667. The maximum Gasteiger partial charge on any atom is 0.326 e. The van der Waals surface area contributed by atoms with Gasteiger partial charge in [-0.05, 0) is 67.6 Å². The van der Waals surface area contributed by atoms with Gasteiger partial charge < -0.3 is 9.30 Å². The number of halogens is 2. The van der Waals surface area contributed by atoms with Crippen LogP contribution in [0.4, 0.5) is 14.5 Å². The number of carbonyl (C=O) groups is 2. The molecule has 8 nitrogen and oxygen atoms in total. The summed E-state index contributed by atoms with van der Waals surface area (Å²) >= 11 is 1.02. The molecule has 0 unspecified atom stereocenters.